The molecule has 1 atom stereocenters. The van der Waals surface area contributed by atoms with Gasteiger partial charge in [-0.2, -0.15) is 0 Å². The molecular weight excluding hydrogens is 240 g/mol. The fraction of sp³-hybridized carbons (Fsp3) is 0.533. The van der Waals surface area contributed by atoms with Crippen LogP contribution in [0.25, 0.3) is 0 Å². The number of nitrogen functional groups attached to an aromatic ring is 1. The van der Waals surface area contributed by atoms with Gasteiger partial charge in [0.25, 0.3) is 5.91 Å². The van der Waals surface area contributed by atoms with Crippen LogP contribution >= 0.6 is 0 Å². The lowest BCUT2D eigenvalue weighted by Crippen LogP contribution is -2.35. The molecule has 1 unspecified atom stereocenters. The van der Waals surface area contributed by atoms with Crippen molar-refractivity contribution in [3.05, 3.63) is 29.3 Å². The predicted octanol–water partition coefficient (Wildman–Crippen LogP) is 2.08. The first-order valence-corrected chi connectivity index (χ1v) is 6.85. The van der Waals surface area contributed by atoms with Crippen LogP contribution in [0.4, 0.5) is 5.69 Å². The molecule has 2 rings (SSSR count). The first kappa shape index (κ1) is 13.9. The van der Waals surface area contributed by atoms with Gasteiger partial charge in [-0.15, -0.1) is 0 Å². The van der Waals surface area contributed by atoms with Crippen molar-refractivity contribution in [2.45, 2.75) is 20.3 Å². The number of benzene rings is 1. The van der Waals surface area contributed by atoms with Crippen LogP contribution in [0.15, 0.2) is 18.2 Å². The molecule has 1 amide bonds. The highest BCUT2D eigenvalue weighted by atomic mass is 16.5. The number of hydrogen-bond donors (Lipinski definition) is 1. The van der Waals surface area contributed by atoms with E-state index in [1.165, 1.54) is 0 Å². The van der Waals surface area contributed by atoms with E-state index in [1.807, 2.05) is 30.9 Å². The average molecular weight is 262 g/mol. The molecule has 0 aromatic heterocycles. The zero-order valence-electron chi connectivity index (χ0n) is 11.7. The van der Waals surface area contributed by atoms with Gasteiger partial charge in [-0.1, -0.05) is 11.6 Å². The molecule has 1 aliphatic rings. The molecule has 19 heavy (non-hydrogen) atoms. The quantitative estimate of drug-likeness (QED) is 0.845. The van der Waals surface area contributed by atoms with Gasteiger partial charge in [0, 0.05) is 31.3 Å². The van der Waals surface area contributed by atoms with Crippen LogP contribution in [0.1, 0.15) is 29.3 Å². The van der Waals surface area contributed by atoms with Gasteiger partial charge in [-0.05, 0) is 32.4 Å². The highest BCUT2D eigenvalue weighted by Crippen LogP contribution is 2.19. The largest absolute Gasteiger partial charge is 0.398 e. The molecule has 4 heteroatoms. The Morgan fingerprint density at radius 3 is 2.95 bits per heavy atom. The van der Waals surface area contributed by atoms with Gasteiger partial charge < -0.3 is 15.4 Å². The van der Waals surface area contributed by atoms with E-state index in [-0.39, 0.29) is 5.91 Å². The number of ether oxygens (including phenoxy) is 1. The third-order valence-electron chi connectivity index (χ3n) is 3.61. The maximum atomic E-state index is 12.5. The van der Waals surface area contributed by atoms with Crippen molar-refractivity contribution in [1.82, 2.24) is 4.90 Å². The van der Waals surface area contributed by atoms with Crippen molar-refractivity contribution in [1.29, 1.82) is 0 Å². The Labute approximate surface area is 114 Å². The molecule has 0 aliphatic carbocycles. The van der Waals surface area contributed by atoms with Gasteiger partial charge in [0.15, 0.2) is 0 Å². The van der Waals surface area contributed by atoms with Crippen LogP contribution in [0.3, 0.4) is 0 Å². The highest BCUT2D eigenvalue weighted by Gasteiger charge is 2.23. The Morgan fingerprint density at radius 2 is 2.32 bits per heavy atom. The number of aryl methyl sites for hydroxylation is 1. The second-order valence-corrected chi connectivity index (χ2v) is 5.16. The van der Waals surface area contributed by atoms with Gasteiger partial charge >= 0.3 is 0 Å². The summed E-state index contributed by atoms with van der Waals surface area (Å²) < 4.78 is 5.37. The fourth-order valence-corrected chi connectivity index (χ4v) is 2.42. The Balaban J connectivity index is 2.12. The minimum atomic E-state index is 0.0237. The number of hydrogen-bond acceptors (Lipinski definition) is 3. The topological polar surface area (TPSA) is 55.6 Å². The number of rotatable bonds is 4. The number of carbonyl (C=O) groups is 1. The molecular formula is C15H22N2O2. The van der Waals surface area contributed by atoms with Crippen molar-refractivity contribution >= 4 is 11.6 Å². The predicted molar refractivity (Wildman–Crippen MR) is 76.1 cm³/mol. The second-order valence-electron chi connectivity index (χ2n) is 5.16. The fourth-order valence-electron chi connectivity index (χ4n) is 2.42. The lowest BCUT2D eigenvalue weighted by atomic mass is 10.1. The molecule has 4 nitrogen and oxygen atoms in total. The molecule has 0 spiro atoms. The zero-order valence-corrected chi connectivity index (χ0v) is 11.7. The smallest absolute Gasteiger partial charge is 0.255 e. The Kier molecular flexibility index (Phi) is 4.43. The molecule has 0 radical (unpaired) electrons. The van der Waals surface area contributed by atoms with Crippen LogP contribution in [-0.2, 0) is 4.74 Å². The van der Waals surface area contributed by atoms with Crippen LogP contribution in [-0.4, -0.2) is 37.1 Å². The number of nitrogens with two attached hydrogens (primary N) is 1. The first-order valence-electron chi connectivity index (χ1n) is 6.85. The minimum absolute atomic E-state index is 0.0237. The third kappa shape index (κ3) is 3.26. The Morgan fingerprint density at radius 1 is 1.53 bits per heavy atom. The molecule has 1 heterocycles. The molecule has 0 bridgehead atoms. The van der Waals surface area contributed by atoms with Crippen molar-refractivity contribution in [2.75, 3.05) is 32.0 Å². The minimum Gasteiger partial charge on any atom is -0.398 e. The van der Waals surface area contributed by atoms with Crippen molar-refractivity contribution in [3.63, 3.8) is 0 Å². The summed E-state index contributed by atoms with van der Waals surface area (Å²) in [6.45, 7) is 6.98. The standard InChI is InChI=1S/C15H22N2O2/c1-3-17(9-12-6-7-19-10-12)15(18)13-8-11(2)4-5-14(13)16/h4-5,8,12H,3,6-7,9-10,16H2,1-2H3. The van der Waals surface area contributed by atoms with Crippen LogP contribution in [0.2, 0.25) is 0 Å². The molecule has 1 fully saturated rings. The number of amides is 1. The summed E-state index contributed by atoms with van der Waals surface area (Å²) >= 11 is 0. The van der Waals surface area contributed by atoms with Gasteiger partial charge in [-0.3, -0.25) is 4.79 Å². The highest BCUT2D eigenvalue weighted by molar-refractivity contribution is 5.99. The third-order valence-corrected chi connectivity index (χ3v) is 3.61. The van der Waals surface area contributed by atoms with E-state index in [1.54, 1.807) is 6.07 Å². The van der Waals surface area contributed by atoms with E-state index in [9.17, 15) is 4.79 Å². The summed E-state index contributed by atoms with van der Waals surface area (Å²) in [5.41, 5.74) is 8.14. The maximum absolute atomic E-state index is 12.5. The molecule has 2 N–H and O–H groups in total. The van der Waals surface area contributed by atoms with Crippen LogP contribution in [0.5, 0.6) is 0 Å². The molecule has 1 aromatic rings. The van der Waals surface area contributed by atoms with Gasteiger partial charge in [-0.25, -0.2) is 0 Å². The normalized spacial score (nSPS) is 18.5. The number of carbonyl (C=O) groups excluding carboxylic acids is 1. The summed E-state index contributed by atoms with van der Waals surface area (Å²) in [5.74, 6) is 0.477. The summed E-state index contributed by atoms with van der Waals surface area (Å²) in [6, 6.07) is 5.59. The van der Waals surface area contributed by atoms with Crippen LogP contribution < -0.4 is 5.73 Å². The second kappa shape index (κ2) is 6.06. The maximum Gasteiger partial charge on any atom is 0.255 e. The summed E-state index contributed by atoms with van der Waals surface area (Å²) in [7, 11) is 0. The Hall–Kier alpha value is -1.55. The lowest BCUT2D eigenvalue weighted by molar-refractivity contribution is 0.0732. The van der Waals surface area contributed by atoms with E-state index in [4.69, 9.17) is 10.5 Å². The lowest BCUT2D eigenvalue weighted by Gasteiger charge is -2.24. The summed E-state index contributed by atoms with van der Waals surface area (Å²) in [5, 5.41) is 0. The van der Waals surface area contributed by atoms with Crippen molar-refractivity contribution in [3.8, 4) is 0 Å². The molecule has 0 saturated carbocycles. The molecule has 1 aromatic carbocycles. The first-order chi connectivity index (χ1) is 9.11. The van der Waals surface area contributed by atoms with E-state index >= 15 is 0 Å². The summed E-state index contributed by atoms with van der Waals surface area (Å²) in [6.07, 6.45) is 1.03. The van der Waals surface area contributed by atoms with Gasteiger partial charge in [0.05, 0.1) is 12.2 Å². The van der Waals surface area contributed by atoms with Gasteiger partial charge in [0.2, 0.25) is 0 Å². The number of nitrogens with zero attached hydrogens (tertiary/aromatic N) is 1. The van der Waals surface area contributed by atoms with E-state index in [0.29, 0.717) is 23.7 Å². The average Bonchev–Trinajstić information content (AvgIpc) is 2.91. The van der Waals surface area contributed by atoms with Crippen molar-refractivity contribution < 1.29 is 9.53 Å². The zero-order chi connectivity index (χ0) is 13.8. The van der Waals surface area contributed by atoms with Crippen molar-refractivity contribution in [2.24, 2.45) is 5.92 Å². The van der Waals surface area contributed by atoms with E-state index < -0.39 is 0 Å². The van der Waals surface area contributed by atoms with Crippen LogP contribution in [0, 0.1) is 12.8 Å². The molecule has 1 aliphatic heterocycles. The van der Waals surface area contributed by atoms with Gasteiger partial charge in [0.1, 0.15) is 0 Å². The summed E-state index contributed by atoms with van der Waals surface area (Å²) in [4.78, 5) is 14.4. The molecule has 104 valence electrons. The SMILES string of the molecule is CCN(CC1CCOC1)C(=O)c1cc(C)ccc1N. The van der Waals surface area contributed by atoms with E-state index in [0.717, 1.165) is 31.7 Å². The van der Waals surface area contributed by atoms with E-state index in [2.05, 4.69) is 0 Å². The Bertz CT molecular complexity index is 453. The molecule has 1 saturated heterocycles. The number of anilines is 1. The monoisotopic (exact) mass is 262 g/mol.